The van der Waals surface area contributed by atoms with E-state index in [2.05, 4.69) is 45.5 Å². The normalized spacial score (nSPS) is 11.7. The number of benzene rings is 2. The summed E-state index contributed by atoms with van der Waals surface area (Å²) in [4.78, 5) is 26.7. The first-order chi connectivity index (χ1) is 16.5. The van der Waals surface area contributed by atoms with Gasteiger partial charge in [-0.2, -0.15) is 17.8 Å². The Labute approximate surface area is 205 Å². The molecule has 2 amide bonds. The smallest absolute Gasteiger partial charge is 0.223 e. The molecule has 9 heteroatoms. The van der Waals surface area contributed by atoms with E-state index in [-0.39, 0.29) is 17.7 Å². The molecule has 2 aromatic carbocycles. The van der Waals surface area contributed by atoms with E-state index in [1.807, 2.05) is 60.4 Å². The maximum Gasteiger partial charge on any atom is 0.223 e. The van der Waals surface area contributed by atoms with Gasteiger partial charge in [0, 0.05) is 43.3 Å². The summed E-state index contributed by atoms with van der Waals surface area (Å²) in [6.45, 7) is 5.29. The van der Waals surface area contributed by atoms with Crippen molar-refractivity contribution in [3.05, 3.63) is 54.1 Å². The summed E-state index contributed by atoms with van der Waals surface area (Å²) < 4.78 is 0. The Hall–Kier alpha value is -3.20. The highest BCUT2D eigenvalue weighted by Gasteiger charge is 2.16. The van der Waals surface area contributed by atoms with E-state index in [1.165, 1.54) is 0 Å². The fourth-order valence-corrected chi connectivity index (χ4v) is 3.73. The van der Waals surface area contributed by atoms with Crippen molar-refractivity contribution in [2.75, 3.05) is 18.8 Å². The monoisotopic (exact) mass is 480 g/mol. The van der Waals surface area contributed by atoms with Gasteiger partial charge in [0.25, 0.3) is 0 Å². The van der Waals surface area contributed by atoms with Crippen LogP contribution in [0.1, 0.15) is 38.7 Å². The van der Waals surface area contributed by atoms with Crippen LogP contribution in [0, 0.1) is 5.92 Å². The van der Waals surface area contributed by atoms with Crippen molar-refractivity contribution in [3.63, 3.8) is 0 Å². The third-order valence-electron chi connectivity index (χ3n) is 5.65. The molecular formula is C25H32N6O2S. The van der Waals surface area contributed by atoms with E-state index < -0.39 is 0 Å². The Kier molecular flexibility index (Phi) is 9.63. The second kappa shape index (κ2) is 12.9. The molecule has 0 aliphatic heterocycles. The number of aromatic nitrogens is 4. The van der Waals surface area contributed by atoms with Gasteiger partial charge in [-0.15, -0.1) is 10.2 Å². The fraction of sp³-hybridized carbons (Fsp3) is 0.400. The van der Waals surface area contributed by atoms with Crippen molar-refractivity contribution in [1.29, 1.82) is 0 Å². The van der Waals surface area contributed by atoms with Crippen molar-refractivity contribution >= 4 is 24.4 Å². The number of H-pyrrole nitrogens is 1. The van der Waals surface area contributed by atoms with Crippen LogP contribution in [0.15, 0.2) is 48.5 Å². The highest BCUT2D eigenvalue weighted by molar-refractivity contribution is 7.80. The Morgan fingerprint density at radius 1 is 1.12 bits per heavy atom. The Morgan fingerprint density at radius 2 is 1.85 bits per heavy atom. The number of nitrogens with zero attached hydrogens (tertiary/aromatic N) is 4. The van der Waals surface area contributed by atoms with E-state index in [0.717, 1.165) is 35.1 Å². The molecule has 0 spiro atoms. The largest absolute Gasteiger partial charge is 0.354 e. The van der Waals surface area contributed by atoms with Crippen molar-refractivity contribution in [2.45, 2.75) is 39.7 Å². The fourth-order valence-electron chi connectivity index (χ4n) is 3.57. The van der Waals surface area contributed by atoms with Crippen LogP contribution >= 0.6 is 12.6 Å². The topological polar surface area (TPSA) is 104 Å². The molecule has 1 atom stereocenters. The number of hydrogen-bond donors (Lipinski definition) is 3. The van der Waals surface area contributed by atoms with Gasteiger partial charge in [0.1, 0.15) is 0 Å². The summed E-state index contributed by atoms with van der Waals surface area (Å²) in [6, 6.07) is 16.1. The van der Waals surface area contributed by atoms with Crippen LogP contribution in [0.3, 0.4) is 0 Å². The number of nitrogens with one attached hydrogen (secondary N) is 2. The van der Waals surface area contributed by atoms with Gasteiger partial charge in [-0.3, -0.25) is 9.59 Å². The van der Waals surface area contributed by atoms with Crippen LogP contribution in [-0.2, 0) is 16.1 Å². The molecule has 0 aliphatic carbocycles. The molecule has 0 saturated carbocycles. The number of amides is 2. The minimum atomic E-state index is -0.157. The second-order valence-electron chi connectivity index (χ2n) is 8.27. The first-order valence-corrected chi connectivity index (χ1v) is 12.2. The lowest BCUT2D eigenvalue weighted by atomic mass is 9.98. The number of thiol groups is 1. The number of tetrazole rings is 1. The van der Waals surface area contributed by atoms with Crippen LogP contribution in [-0.4, -0.2) is 56.2 Å². The molecule has 2 N–H and O–H groups in total. The van der Waals surface area contributed by atoms with E-state index in [1.54, 1.807) is 0 Å². The minimum Gasteiger partial charge on any atom is -0.354 e. The first kappa shape index (κ1) is 25.4. The third kappa shape index (κ3) is 6.90. The molecule has 3 rings (SSSR count). The lowest BCUT2D eigenvalue weighted by Crippen LogP contribution is -2.39. The van der Waals surface area contributed by atoms with Gasteiger partial charge >= 0.3 is 0 Å². The number of aromatic amines is 1. The van der Waals surface area contributed by atoms with Crippen LogP contribution in [0.4, 0.5) is 0 Å². The number of hydrogen-bond acceptors (Lipinski definition) is 6. The number of unbranched alkanes of at least 4 members (excludes halogenated alkanes) is 1. The molecule has 0 saturated heterocycles. The van der Waals surface area contributed by atoms with Crippen LogP contribution in [0.2, 0.25) is 0 Å². The number of carbonyl (C=O) groups excluding carboxylic acids is 2. The molecule has 3 aromatic rings. The molecule has 0 bridgehead atoms. The maximum atomic E-state index is 12.8. The molecule has 0 radical (unpaired) electrons. The minimum absolute atomic E-state index is 0.0411. The molecule has 34 heavy (non-hydrogen) atoms. The van der Waals surface area contributed by atoms with Crippen LogP contribution < -0.4 is 5.32 Å². The molecule has 0 aliphatic rings. The van der Waals surface area contributed by atoms with Crippen molar-refractivity contribution in [2.24, 2.45) is 5.92 Å². The quantitative estimate of drug-likeness (QED) is 0.343. The average molecular weight is 481 g/mol. The summed E-state index contributed by atoms with van der Waals surface area (Å²) in [5.74, 6) is 0.940. The lowest BCUT2D eigenvalue weighted by Gasteiger charge is -2.24. The van der Waals surface area contributed by atoms with Gasteiger partial charge in [0.15, 0.2) is 0 Å². The average Bonchev–Trinajstić information content (AvgIpc) is 3.41. The second-order valence-corrected chi connectivity index (χ2v) is 8.64. The number of carbonyl (C=O) groups is 2. The highest BCUT2D eigenvalue weighted by Crippen LogP contribution is 2.29. The SMILES string of the molecule is CCCCC(=O)N(CCNC(=O)[C@H](C)CS)Cc1ccc(-c2ccccc2-c2nn[nH]n2)cc1. The Morgan fingerprint density at radius 3 is 2.50 bits per heavy atom. The molecular weight excluding hydrogens is 448 g/mol. The van der Waals surface area contributed by atoms with Crippen molar-refractivity contribution in [1.82, 2.24) is 30.8 Å². The predicted octanol–water partition coefficient (Wildman–Crippen LogP) is 3.73. The third-order valence-corrected chi connectivity index (χ3v) is 6.20. The van der Waals surface area contributed by atoms with Crippen molar-refractivity contribution < 1.29 is 9.59 Å². The molecule has 1 heterocycles. The zero-order chi connectivity index (χ0) is 24.3. The van der Waals surface area contributed by atoms with E-state index >= 15 is 0 Å². The van der Waals surface area contributed by atoms with E-state index in [9.17, 15) is 9.59 Å². The first-order valence-electron chi connectivity index (χ1n) is 11.6. The van der Waals surface area contributed by atoms with Crippen LogP contribution in [0.25, 0.3) is 22.5 Å². The lowest BCUT2D eigenvalue weighted by molar-refractivity contribution is -0.132. The van der Waals surface area contributed by atoms with Crippen molar-refractivity contribution in [3.8, 4) is 22.5 Å². The summed E-state index contributed by atoms with van der Waals surface area (Å²) in [5, 5.41) is 17.3. The van der Waals surface area contributed by atoms with Crippen LogP contribution in [0.5, 0.6) is 0 Å². The molecule has 180 valence electrons. The number of rotatable bonds is 12. The predicted molar refractivity (Wildman–Crippen MR) is 136 cm³/mol. The molecule has 1 aromatic heterocycles. The summed E-state index contributed by atoms with van der Waals surface area (Å²) in [6.07, 6.45) is 2.32. The highest BCUT2D eigenvalue weighted by atomic mass is 32.1. The van der Waals surface area contributed by atoms with Gasteiger partial charge < -0.3 is 10.2 Å². The maximum absolute atomic E-state index is 12.8. The summed E-state index contributed by atoms with van der Waals surface area (Å²) in [5.41, 5.74) is 3.96. The van der Waals surface area contributed by atoms with Gasteiger partial charge in [-0.1, -0.05) is 68.8 Å². The summed E-state index contributed by atoms with van der Waals surface area (Å²) in [7, 11) is 0. The molecule has 0 fully saturated rings. The zero-order valence-corrected chi connectivity index (χ0v) is 20.6. The Bertz CT molecular complexity index is 1060. The van der Waals surface area contributed by atoms with Gasteiger partial charge in [-0.05, 0) is 28.3 Å². The molecule has 8 nitrogen and oxygen atoms in total. The van der Waals surface area contributed by atoms with Gasteiger partial charge in [0.05, 0.1) is 0 Å². The van der Waals surface area contributed by atoms with E-state index in [4.69, 9.17) is 0 Å². The van der Waals surface area contributed by atoms with Gasteiger partial charge in [-0.25, -0.2) is 0 Å². The van der Waals surface area contributed by atoms with Gasteiger partial charge in [0.2, 0.25) is 17.6 Å². The zero-order valence-electron chi connectivity index (χ0n) is 19.7. The standard InChI is InChI=1S/C25H32N6O2S/c1-3-4-9-23(32)31(15-14-26-25(33)18(2)17-34)16-19-10-12-20(13-11-19)21-7-5-6-8-22(21)24-27-29-30-28-24/h5-8,10-13,18,34H,3-4,9,14-17H2,1-2H3,(H,26,33)(H,27,28,29,30)/t18-/m1/s1. The summed E-state index contributed by atoms with van der Waals surface area (Å²) >= 11 is 4.18. The molecule has 0 unspecified atom stereocenters. The Balaban J connectivity index is 1.71. The van der Waals surface area contributed by atoms with E-state index in [0.29, 0.717) is 37.6 Å².